The number of hydrogen-bond acceptors (Lipinski definition) is 4. The van der Waals surface area contributed by atoms with Crippen molar-refractivity contribution < 1.29 is 19.1 Å². The van der Waals surface area contributed by atoms with E-state index in [0.29, 0.717) is 6.61 Å². The first-order valence-electron chi connectivity index (χ1n) is 5.85. The van der Waals surface area contributed by atoms with Gasteiger partial charge >= 0.3 is 5.97 Å². The molecular weight excluding hydrogens is 208 g/mol. The molecule has 0 N–H and O–H groups in total. The molecule has 0 amide bonds. The highest BCUT2D eigenvalue weighted by Crippen LogP contribution is 2.50. The van der Waals surface area contributed by atoms with E-state index in [1.54, 1.807) is 0 Å². The maximum Gasteiger partial charge on any atom is 0.312 e. The number of rotatable bonds is 0. The van der Waals surface area contributed by atoms with E-state index in [1.165, 1.54) is 0 Å². The summed E-state index contributed by atoms with van der Waals surface area (Å²) in [6.07, 6.45) is 2.25. The van der Waals surface area contributed by atoms with E-state index >= 15 is 0 Å². The van der Waals surface area contributed by atoms with Gasteiger partial charge in [0.05, 0.1) is 18.6 Å². The SMILES string of the molecule is O=C1OCC2C1[C@@H]1O[C@H]2C(=O)C2=C1CCC2. The highest BCUT2D eigenvalue weighted by atomic mass is 16.6. The van der Waals surface area contributed by atoms with Gasteiger partial charge in [-0.1, -0.05) is 0 Å². The molecule has 0 radical (unpaired) electrons. The Bertz CT molecular complexity index is 436. The van der Waals surface area contributed by atoms with Gasteiger partial charge in [0.15, 0.2) is 5.78 Å². The molecule has 16 heavy (non-hydrogen) atoms. The summed E-state index contributed by atoms with van der Waals surface area (Å²) in [5.74, 6) is -0.296. The number of Topliss-reactive ketones (excluding diaryl/α,β-unsaturated/α-hetero) is 1. The lowest BCUT2D eigenvalue weighted by Crippen LogP contribution is -2.33. The van der Waals surface area contributed by atoms with Gasteiger partial charge in [0.2, 0.25) is 0 Å². The molecule has 0 spiro atoms. The Morgan fingerprint density at radius 2 is 2.00 bits per heavy atom. The number of carbonyl (C=O) groups excluding carboxylic acids is 2. The van der Waals surface area contributed by atoms with E-state index in [1.807, 2.05) is 0 Å². The molecule has 0 aromatic rings. The van der Waals surface area contributed by atoms with Crippen LogP contribution in [0, 0.1) is 11.8 Å². The van der Waals surface area contributed by atoms with E-state index in [-0.39, 0.29) is 29.7 Å². The fraction of sp³-hybridized carbons (Fsp3) is 0.667. The van der Waals surface area contributed by atoms with Crippen LogP contribution >= 0.6 is 0 Å². The van der Waals surface area contributed by atoms with Crippen molar-refractivity contribution in [2.24, 2.45) is 11.8 Å². The molecule has 2 bridgehead atoms. The average Bonchev–Trinajstić information content (AvgIpc) is 2.92. The zero-order valence-corrected chi connectivity index (χ0v) is 8.77. The lowest BCUT2D eigenvalue weighted by molar-refractivity contribution is -0.146. The van der Waals surface area contributed by atoms with E-state index in [9.17, 15) is 9.59 Å². The maximum absolute atomic E-state index is 12.2. The molecule has 0 aromatic heterocycles. The number of ketones is 1. The molecule has 4 heteroatoms. The minimum atomic E-state index is -0.404. The maximum atomic E-state index is 12.2. The zero-order valence-electron chi connectivity index (χ0n) is 8.77. The molecule has 2 fully saturated rings. The fourth-order valence-electron chi connectivity index (χ4n) is 3.61. The van der Waals surface area contributed by atoms with Crippen molar-refractivity contribution in [2.45, 2.75) is 31.5 Å². The van der Waals surface area contributed by atoms with Gasteiger partial charge in [-0.25, -0.2) is 0 Å². The Kier molecular flexibility index (Phi) is 1.53. The number of carbonyl (C=O) groups is 2. The van der Waals surface area contributed by atoms with Crippen molar-refractivity contribution in [2.75, 3.05) is 6.61 Å². The molecule has 2 unspecified atom stereocenters. The van der Waals surface area contributed by atoms with Crippen LogP contribution in [0.3, 0.4) is 0 Å². The Morgan fingerprint density at radius 1 is 1.12 bits per heavy atom. The van der Waals surface area contributed by atoms with Crippen LogP contribution < -0.4 is 0 Å². The summed E-state index contributed by atoms with van der Waals surface area (Å²) in [7, 11) is 0. The van der Waals surface area contributed by atoms with Crippen LogP contribution in [0.25, 0.3) is 0 Å². The van der Waals surface area contributed by atoms with Gasteiger partial charge < -0.3 is 9.47 Å². The lowest BCUT2D eigenvalue weighted by Gasteiger charge is -2.24. The molecule has 84 valence electrons. The molecule has 3 aliphatic heterocycles. The predicted octanol–water partition coefficient (Wildman–Crippen LogP) is 0.606. The van der Waals surface area contributed by atoms with Crippen molar-refractivity contribution in [3.63, 3.8) is 0 Å². The first-order valence-corrected chi connectivity index (χ1v) is 5.85. The largest absolute Gasteiger partial charge is 0.465 e. The molecule has 4 nitrogen and oxygen atoms in total. The molecule has 3 heterocycles. The first kappa shape index (κ1) is 8.93. The standard InChI is InChI=1S/C12H12O4/c13-9-5-2-1-3-6(5)10-8-7(11(9)16-10)4-15-12(8)14/h7-8,10-11H,1-4H2/t7?,8?,10-,11-/m1/s1. The van der Waals surface area contributed by atoms with E-state index in [2.05, 4.69) is 0 Å². The summed E-state index contributed by atoms with van der Waals surface area (Å²) in [5, 5.41) is 0. The van der Waals surface area contributed by atoms with E-state index in [0.717, 1.165) is 30.4 Å². The summed E-state index contributed by atoms with van der Waals surface area (Å²) >= 11 is 0. The number of cyclic esters (lactones) is 1. The van der Waals surface area contributed by atoms with Crippen molar-refractivity contribution in [1.82, 2.24) is 0 Å². The van der Waals surface area contributed by atoms with Crippen LogP contribution in [-0.2, 0) is 19.1 Å². The van der Waals surface area contributed by atoms with Crippen molar-refractivity contribution in [3.05, 3.63) is 11.1 Å². The van der Waals surface area contributed by atoms with Gasteiger partial charge in [0.1, 0.15) is 6.10 Å². The molecule has 2 saturated heterocycles. The normalized spacial score (nSPS) is 44.8. The summed E-state index contributed by atoms with van der Waals surface area (Å²) in [6, 6.07) is 0. The predicted molar refractivity (Wildman–Crippen MR) is 52.5 cm³/mol. The molecule has 4 aliphatic rings. The number of fused-ring (bicyclic) bond motifs is 6. The van der Waals surface area contributed by atoms with Crippen molar-refractivity contribution >= 4 is 11.8 Å². The van der Waals surface area contributed by atoms with Crippen LogP contribution in [0.2, 0.25) is 0 Å². The highest BCUT2D eigenvalue weighted by Gasteiger charge is 2.60. The van der Waals surface area contributed by atoms with Crippen LogP contribution in [0.5, 0.6) is 0 Å². The zero-order chi connectivity index (χ0) is 10.9. The quantitative estimate of drug-likeness (QED) is 0.561. The summed E-state index contributed by atoms with van der Waals surface area (Å²) in [6.45, 7) is 0.358. The van der Waals surface area contributed by atoms with Crippen LogP contribution in [0.1, 0.15) is 19.3 Å². The van der Waals surface area contributed by atoms with Crippen molar-refractivity contribution in [3.8, 4) is 0 Å². The molecule has 0 aromatic carbocycles. The first-order chi connectivity index (χ1) is 7.77. The fourth-order valence-corrected chi connectivity index (χ4v) is 3.61. The third-order valence-electron chi connectivity index (χ3n) is 4.32. The molecule has 4 atom stereocenters. The Balaban J connectivity index is 1.85. The third-order valence-corrected chi connectivity index (χ3v) is 4.32. The van der Waals surface area contributed by atoms with Crippen molar-refractivity contribution in [1.29, 1.82) is 0 Å². The van der Waals surface area contributed by atoms with Crippen LogP contribution in [0.15, 0.2) is 11.1 Å². The Labute approximate surface area is 92.6 Å². The van der Waals surface area contributed by atoms with Crippen LogP contribution in [0.4, 0.5) is 0 Å². The number of ether oxygens (including phenoxy) is 2. The molecule has 0 saturated carbocycles. The monoisotopic (exact) mass is 220 g/mol. The van der Waals surface area contributed by atoms with Gasteiger partial charge in [-0.3, -0.25) is 9.59 Å². The number of hydrogen-bond donors (Lipinski definition) is 0. The summed E-state index contributed by atoms with van der Waals surface area (Å²) in [5.41, 5.74) is 2.05. The second-order valence-corrected chi connectivity index (χ2v) is 5.02. The highest BCUT2D eigenvalue weighted by molar-refractivity contribution is 6.03. The van der Waals surface area contributed by atoms with Gasteiger partial charge in [-0.15, -0.1) is 0 Å². The lowest BCUT2D eigenvalue weighted by atomic mass is 9.88. The molecule has 1 aliphatic carbocycles. The molecule has 4 rings (SSSR count). The van der Waals surface area contributed by atoms with Crippen LogP contribution in [-0.4, -0.2) is 30.6 Å². The summed E-state index contributed by atoms with van der Waals surface area (Å²) < 4.78 is 10.8. The van der Waals surface area contributed by atoms with E-state index in [4.69, 9.17) is 9.47 Å². The average molecular weight is 220 g/mol. The van der Waals surface area contributed by atoms with Gasteiger partial charge in [0.25, 0.3) is 0 Å². The smallest absolute Gasteiger partial charge is 0.312 e. The minimum Gasteiger partial charge on any atom is -0.465 e. The Morgan fingerprint density at radius 3 is 2.88 bits per heavy atom. The second-order valence-electron chi connectivity index (χ2n) is 5.02. The van der Waals surface area contributed by atoms with Gasteiger partial charge in [-0.05, 0) is 30.4 Å². The Hall–Kier alpha value is -1.16. The number of esters is 1. The van der Waals surface area contributed by atoms with E-state index < -0.39 is 6.10 Å². The van der Waals surface area contributed by atoms with Gasteiger partial charge in [0, 0.05) is 5.92 Å². The summed E-state index contributed by atoms with van der Waals surface area (Å²) in [4.78, 5) is 23.8. The van der Waals surface area contributed by atoms with Gasteiger partial charge in [-0.2, -0.15) is 0 Å². The molecular formula is C12H12O4. The topological polar surface area (TPSA) is 52.6 Å². The second kappa shape index (κ2) is 2.74. The third kappa shape index (κ3) is 0.857. The minimum absolute atomic E-state index is 0.0319.